The van der Waals surface area contributed by atoms with E-state index in [-0.39, 0.29) is 12.0 Å². The molecule has 2 heterocycles. The van der Waals surface area contributed by atoms with E-state index < -0.39 is 0 Å². The van der Waals surface area contributed by atoms with Crippen molar-refractivity contribution in [2.75, 3.05) is 23.8 Å². The molecule has 3 rings (SSSR count). The van der Waals surface area contributed by atoms with E-state index in [9.17, 15) is 0 Å². The van der Waals surface area contributed by atoms with E-state index >= 15 is 0 Å². The van der Waals surface area contributed by atoms with Crippen molar-refractivity contribution in [1.82, 2.24) is 15.0 Å². The molecule has 0 unspecified atom stereocenters. The van der Waals surface area contributed by atoms with E-state index in [1.54, 1.807) is 12.4 Å². The highest BCUT2D eigenvalue weighted by atomic mass is 16.3. The second-order valence-corrected chi connectivity index (χ2v) is 7.31. The predicted octanol–water partition coefficient (Wildman–Crippen LogP) is 3.98. The summed E-state index contributed by atoms with van der Waals surface area (Å²) >= 11 is 0. The Morgan fingerprint density at radius 1 is 1.04 bits per heavy atom. The van der Waals surface area contributed by atoms with Gasteiger partial charge in [0.1, 0.15) is 5.82 Å². The van der Waals surface area contributed by atoms with Crippen molar-refractivity contribution in [1.29, 1.82) is 0 Å². The summed E-state index contributed by atoms with van der Waals surface area (Å²) in [5, 5.41) is 15.4. The third-order valence-corrected chi connectivity index (χ3v) is 4.10. The van der Waals surface area contributed by atoms with Gasteiger partial charge in [-0.05, 0) is 35.2 Å². The van der Waals surface area contributed by atoms with Crippen molar-refractivity contribution in [2.24, 2.45) is 0 Å². The molecule has 0 aliphatic heterocycles. The van der Waals surface area contributed by atoms with Gasteiger partial charge in [0, 0.05) is 36.3 Å². The van der Waals surface area contributed by atoms with E-state index in [2.05, 4.69) is 58.5 Å². The SMILES string of the molecule is CC(C)(C)c1ccc(Nc2cc(-c3cccnc3)nc(NCCO)n2)cc1. The van der Waals surface area contributed by atoms with E-state index in [0.29, 0.717) is 18.3 Å². The first-order valence-electron chi connectivity index (χ1n) is 8.97. The van der Waals surface area contributed by atoms with E-state index in [1.807, 2.05) is 30.3 Å². The maximum atomic E-state index is 9.07. The van der Waals surface area contributed by atoms with Crippen LogP contribution in [-0.4, -0.2) is 33.2 Å². The summed E-state index contributed by atoms with van der Waals surface area (Å²) in [6, 6.07) is 14.1. The second kappa shape index (κ2) is 8.14. The van der Waals surface area contributed by atoms with Gasteiger partial charge in [0.15, 0.2) is 0 Å². The average molecular weight is 363 g/mol. The smallest absolute Gasteiger partial charge is 0.225 e. The maximum absolute atomic E-state index is 9.07. The maximum Gasteiger partial charge on any atom is 0.225 e. The third kappa shape index (κ3) is 5.01. The molecule has 140 valence electrons. The minimum Gasteiger partial charge on any atom is -0.395 e. The second-order valence-electron chi connectivity index (χ2n) is 7.31. The fourth-order valence-electron chi connectivity index (χ4n) is 2.62. The van der Waals surface area contributed by atoms with Gasteiger partial charge in [-0.3, -0.25) is 4.98 Å². The van der Waals surface area contributed by atoms with Gasteiger partial charge in [-0.15, -0.1) is 0 Å². The zero-order valence-corrected chi connectivity index (χ0v) is 15.9. The molecule has 6 heteroatoms. The molecule has 27 heavy (non-hydrogen) atoms. The van der Waals surface area contributed by atoms with Crippen LogP contribution in [0, 0.1) is 0 Å². The number of aliphatic hydroxyl groups excluding tert-OH is 1. The summed E-state index contributed by atoms with van der Waals surface area (Å²) < 4.78 is 0. The Morgan fingerprint density at radius 3 is 2.44 bits per heavy atom. The normalized spacial score (nSPS) is 11.3. The third-order valence-electron chi connectivity index (χ3n) is 4.10. The first-order chi connectivity index (χ1) is 13.0. The standard InChI is InChI=1S/C21H25N5O/c1-21(2,3)16-6-8-17(9-7-16)24-19-13-18(15-5-4-10-22-14-15)25-20(26-19)23-11-12-27/h4-10,13-14,27H,11-12H2,1-3H3,(H2,23,24,25,26). The fourth-order valence-corrected chi connectivity index (χ4v) is 2.62. The van der Waals surface area contributed by atoms with Crippen LogP contribution in [0.25, 0.3) is 11.3 Å². The molecule has 6 nitrogen and oxygen atoms in total. The Hall–Kier alpha value is -2.99. The molecule has 0 fully saturated rings. The minimum atomic E-state index is 0.0114. The van der Waals surface area contributed by atoms with Crippen molar-refractivity contribution in [3.8, 4) is 11.3 Å². The highest BCUT2D eigenvalue weighted by Gasteiger charge is 2.13. The number of hydrogen-bond acceptors (Lipinski definition) is 6. The zero-order chi connectivity index (χ0) is 19.3. The number of pyridine rings is 1. The van der Waals surface area contributed by atoms with Crippen LogP contribution in [0.1, 0.15) is 26.3 Å². The van der Waals surface area contributed by atoms with Crippen LogP contribution in [0.4, 0.5) is 17.5 Å². The number of aromatic nitrogens is 3. The zero-order valence-electron chi connectivity index (χ0n) is 15.9. The minimum absolute atomic E-state index is 0.0114. The summed E-state index contributed by atoms with van der Waals surface area (Å²) in [4.78, 5) is 13.2. The Kier molecular flexibility index (Phi) is 5.66. The Morgan fingerprint density at radius 2 is 1.81 bits per heavy atom. The molecule has 0 radical (unpaired) electrons. The quantitative estimate of drug-likeness (QED) is 0.614. The van der Waals surface area contributed by atoms with Crippen molar-refractivity contribution >= 4 is 17.5 Å². The van der Waals surface area contributed by atoms with Gasteiger partial charge < -0.3 is 15.7 Å². The number of aliphatic hydroxyl groups is 1. The van der Waals surface area contributed by atoms with E-state index in [4.69, 9.17) is 5.11 Å². The number of benzene rings is 1. The Bertz CT molecular complexity index is 873. The molecule has 0 aliphatic rings. The molecule has 0 saturated heterocycles. The molecule has 0 atom stereocenters. The summed E-state index contributed by atoms with van der Waals surface area (Å²) in [6.07, 6.45) is 3.49. The van der Waals surface area contributed by atoms with Crippen molar-refractivity contribution < 1.29 is 5.11 Å². The van der Waals surface area contributed by atoms with Crippen molar-refractivity contribution in [2.45, 2.75) is 26.2 Å². The van der Waals surface area contributed by atoms with Gasteiger partial charge >= 0.3 is 0 Å². The van der Waals surface area contributed by atoms with Crippen LogP contribution in [-0.2, 0) is 5.41 Å². The van der Waals surface area contributed by atoms with Gasteiger partial charge in [-0.25, -0.2) is 4.98 Å². The van der Waals surface area contributed by atoms with Crippen LogP contribution in [0.5, 0.6) is 0 Å². The van der Waals surface area contributed by atoms with Gasteiger partial charge in [0.25, 0.3) is 0 Å². The molecule has 0 amide bonds. The lowest BCUT2D eigenvalue weighted by atomic mass is 9.87. The Balaban J connectivity index is 1.89. The lowest BCUT2D eigenvalue weighted by Crippen LogP contribution is -2.11. The lowest BCUT2D eigenvalue weighted by molar-refractivity contribution is 0.311. The number of hydrogen-bond donors (Lipinski definition) is 3. The molecule has 0 bridgehead atoms. The molecule has 3 aromatic rings. The summed E-state index contributed by atoms with van der Waals surface area (Å²) in [6.45, 7) is 6.98. The Labute approximate surface area is 159 Å². The summed E-state index contributed by atoms with van der Waals surface area (Å²) in [5.41, 5.74) is 4.00. The van der Waals surface area contributed by atoms with Crippen molar-refractivity contribution in [3.05, 3.63) is 60.4 Å². The van der Waals surface area contributed by atoms with Gasteiger partial charge in [0.2, 0.25) is 5.95 Å². The highest BCUT2D eigenvalue weighted by molar-refractivity contribution is 5.67. The highest BCUT2D eigenvalue weighted by Crippen LogP contribution is 2.26. The summed E-state index contributed by atoms with van der Waals surface area (Å²) in [7, 11) is 0. The van der Waals surface area contributed by atoms with Crippen molar-refractivity contribution in [3.63, 3.8) is 0 Å². The molecular weight excluding hydrogens is 338 g/mol. The fraction of sp³-hybridized carbons (Fsp3) is 0.286. The first-order valence-corrected chi connectivity index (χ1v) is 8.97. The number of rotatable bonds is 6. The number of anilines is 3. The topological polar surface area (TPSA) is 83.0 Å². The average Bonchev–Trinajstić information content (AvgIpc) is 2.66. The molecule has 0 saturated carbocycles. The van der Waals surface area contributed by atoms with Gasteiger partial charge in [-0.2, -0.15) is 4.98 Å². The van der Waals surface area contributed by atoms with Crippen LogP contribution in [0.15, 0.2) is 54.9 Å². The predicted molar refractivity (Wildman–Crippen MR) is 109 cm³/mol. The van der Waals surface area contributed by atoms with Crippen LogP contribution in [0.3, 0.4) is 0 Å². The molecule has 3 N–H and O–H groups in total. The van der Waals surface area contributed by atoms with Gasteiger partial charge in [0.05, 0.1) is 12.3 Å². The monoisotopic (exact) mass is 363 g/mol. The first kappa shape index (κ1) is 18.8. The van der Waals surface area contributed by atoms with Crippen LogP contribution in [0.2, 0.25) is 0 Å². The molecule has 2 aromatic heterocycles. The number of nitrogens with zero attached hydrogens (tertiary/aromatic N) is 3. The summed E-state index contributed by atoms with van der Waals surface area (Å²) in [5.74, 6) is 1.13. The molecule has 1 aromatic carbocycles. The van der Waals surface area contributed by atoms with E-state index in [1.165, 1.54) is 5.56 Å². The largest absolute Gasteiger partial charge is 0.395 e. The molecular formula is C21H25N5O. The van der Waals surface area contributed by atoms with Gasteiger partial charge in [-0.1, -0.05) is 32.9 Å². The molecule has 0 aliphatic carbocycles. The lowest BCUT2D eigenvalue weighted by Gasteiger charge is -2.19. The van der Waals surface area contributed by atoms with Crippen LogP contribution >= 0.6 is 0 Å². The number of nitrogens with one attached hydrogen (secondary N) is 2. The van der Waals surface area contributed by atoms with E-state index in [0.717, 1.165) is 16.9 Å². The van der Waals surface area contributed by atoms with Crippen LogP contribution < -0.4 is 10.6 Å². The molecule has 0 spiro atoms.